The standard InChI is InChI=1S/C22H20F2N2O4S/c1-2-30-20-12-19(24)21(13-18(20)23)31(28,29)17-10-8-16(9-11-17)26-22(27)25-14-15-6-4-3-5-7-15/h3-13H,2,14H2,1H3,(H2,25,26,27). The maximum absolute atomic E-state index is 14.3. The van der Waals surface area contributed by atoms with E-state index in [9.17, 15) is 22.0 Å². The molecule has 0 aromatic heterocycles. The van der Waals surface area contributed by atoms with E-state index >= 15 is 0 Å². The first-order chi connectivity index (χ1) is 14.8. The molecular weight excluding hydrogens is 426 g/mol. The number of amides is 2. The quantitative estimate of drug-likeness (QED) is 0.559. The maximum atomic E-state index is 14.3. The number of carbonyl (C=O) groups is 1. The first-order valence-corrected chi connectivity index (χ1v) is 10.9. The van der Waals surface area contributed by atoms with Gasteiger partial charge >= 0.3 is 6.03 Å². The van der Waals surface area contributed by atoms with Crippen molar-refractivity contribution in [2.75, 3.05) is 11.9 Å². The Hall–Kier alpha value is -3.46. The molecule has 3 rings (SSSR count). The maximum Gasteiger partial charge on any atom is 0.319 e. The second-order valence-electron chi connectivity index (χ2n) is 6.47. The number of urea groups is 1. The van der Waals surface area contributed by atoms with Crippen molar-refractivity contribution in [3.05, 3.63) is 83.9 Å². The summed E-state index contributed by atoms with van der Waals surface area (Å²) in [7, 11) is -4.31. The van der Waals surface area contributed by atoms with Gasteiger partial charge in [-0.1, -0.05) is 30.3 Å². The normalized spacial score (nSPS) is 11.1. The van der Waals surface area contributed by atoms with Crippen molar-refractivity contribution < 1.29 is 26.7 Å². The molecule has 3 aromatic carbocycles. The van der Waals surface area contributed by atoms with Crippen molar-refractivity contribution in [3.8, 4) is 5.75 Å². The molecule has 31 heavy (non-hydrogen) atoms. The van der Waals surface area contributed by atoms with Crippen molar-refractivity contribution in [3.63, 3.8) is 0 Å². The summed E-state index contributed by atoms with van der Waals surface area (Å²) in [5.74, 6) is -2.46. The first-order valence-electron chi connectivity index (χ1n) is 9.37. The van der Waals surface area contributed by atoms with Crippen molar-refractivity contribution in [1.82, 2.24) is 5.32 Å². The van der Waals surface area contributed by atoms with E-state index in [1.165, 1.54) is 24.3 Å². The summed E-state index contributed by atoms with van der Waals surface area (Å²) in [6, 6.07) is 15.3. The van der Waals surface area contributed by atoms with Gasteiger partial charge in [-0.25, -0.2) is 22.0 Å². The van der Waals surface area contributed by atoms with E-state index in [1.54, 1.807) is 6.92 Å². The first kappa shape index (κ1) is 22.2. The molecule has 6 nitrogen and oxygen atoms in total. The zero-order valence-corrected chi connectivity index (χ0v) is 17.4. The predicted molar refractivity (Wildman–Crippen MR) is 112 cm³/mol. The molecule has 0 fully saturated rings. The fraction of sp³-hybridized carbons (Fsp3) is 0.136. The molecule has 0 spiro atoms. The second-order valence-corrected chi connectivity index (χ2v) is 8.39. The smallest absolute Gasteiger partial charge is 0.319 e. The molecule has 0 bridgehead atoms. The van der Waals surface area contributed by atoms with Crippen molar-refractivity contribution in [1.29, 1.82) is 0 Å². The van der Waals surface area contributed by atoms with Gasteiger partial charge in [0, 0.05) is 18.3 Å². The van der Waals surface area contributed by atoms with Crippen molar-refractivity contribution in [2.24, 2.45) is 0 Å². The lowest BCUT2D eigenvalue weighted by Gasteiger charge is -2.11. The van der Waals surface area contributed by atoms with Crippen LogP contribution >= 0.6 is 0 Å². The van der Waals surface area contributed by atoms with E-state index in [4.69, 9.17) is 4.74 Å². The molecule has 2 N–H and O–H groups in total. The van der Waals surface area contributed by atoms with Crippen LogP contribution in [0.3, 0.4) is 0 Å². The SMILES string of the molecule is CCOc1cc(F)c(S(=O)(=O)c2ccc(NC(=O)NCc3ccccc3)cc2)cc1F. The third-order valence-corrected chi connectivity index (χ3v) is 6.08. The summed E-state index contributed by atoms with van der Waals surface area (Å²) in [4.78, 5) is 11.0. The number of nitrogens with one attached hydrogen (secondary N) is 2. The second kappa shape index (κ2) is 9.57. The zero-order chi connectivity index (χ0) is 22.4. The summed E-state index contributed by atoms with van der Waals surface area (Å²) in [6.07, 6.45) is 0. The third kappa shape index (κ3) is 5.37. The molecule has 0 radical (unpaired) electrons. The van der Waals surface area contributed by atoms with Gasteiger partial charge in [0.05, 0.1) is 11.5 Å². The molecule has 9 heteroatoms. The number of anilines is 1. The van der Waals surface area contributed by atoms with Crippen molar-refractivity contribution >= 4 is 21.6 Å². The molecule has 0 aliphatic rings. The fourth-order valence-electron chi connectivity index (χ4n) is 2.78. The van der Waals surface area contributed by atoms with E-state index in [2.05, 4.69) is 10.6 Å². The van der Waals surface area contributed by atoms with E-state index in [-0.39, 0.29) is 17.3 Å². The van der Waals surface area contributed by atoms with Crippen LogP contribution in [0.5, 0.6) is 5.75 Å². The fourth-order valence-corrected chi connectivity index (χ4v) is 4.10. The monoisotopic (exact) mass is 446 g/mol. The molecule has 0 aliphatic carbocycles. The number of hydrogen-bond acceptors (Lipinski definition) is 4. The Bertz CT molecular complexity index is 1170. The van der Waals surface area contributed by atoms with Gasteiger partial charge < -0.3 is 15.4 Å². The number of ether oxygens (including phenoxy) is 1. The van der Waals surface area contributed by atoms with E-state index in [0.29, 0.717) is 24.4 Å². The number of hydrogen-bond donors (Lipinski definition) is 2. The van der Waals surface area contributed by atoms with E-state index in [0.717, 1.165) is 5.56 Å². The lowest BCUT2D eigenvalue weighted by molar-refractivity contribution is 0.251. The summed E-state index contributed by atoms with van der Waals surface area (Å²) in [6.45, 7) is 2.02. The Morgan fingerprint density at radius 2 is 1.65 bits per heavy atom. The number of carbonyl (C=O) groups excluding carboxylic acids is 1. The molecule has 0 heterocycles. The number of rotatable bonds is 7. The molecule has 0 atom stereocenters. The Kier molecular flexibility index (Phi) is 6.86. The summed E-state index contributed by atoms with van der Waals surface area (Å²) < 4.78 is 58.8. The zero-order valence-electron chi connectivity index (χ0n) is 16.6. The van der Waals surface area contributed by atoms with Crippen LogP contribution in [-0.2, 0) is 16.4 Å². The minimum atomic E-state index is -4.31. The highest BCUT2D eigenvalue weighted by Crippen LogP contribution is 2.29. The summed E-state index contributed by atoms with van der Waals surface area (Å²) in [5, 5.41) is 5.25. The van der Waals surface area contributed by atoms with Crippen LogP contribution in [0.2, 0.25) is 0 Å². The van der Waals surface area contributed by atoms with Crippen LogP contribution in [0, 0.1) is 11.6 Å². The van der Waals surface area contributed by atoms with E-state index < -0.39 is 32.4 Å². The minimum Gasteiger partial charge on any atom is -0.491 e. The molecule has 0 saturated heterocycles. The molecule has 162 valence electrons. The Morgan fingerprint density at radius 1 is 0.968 bits per heavy atom. The van der Waals surface area contributed by atoms with Gasteiger partial charge in [-0.15, -0.1) is 0 Å². The Morgan fingerprint density at radius 3 is 2.29 bits per heavy atom. The Balaban J connectivity index is 1.71. The molecule has 0 aliphatic heterocycles. The number of halogens is 2. The van der Waals surface area contributed by atoms with Crippen LogP contribution in [0.1, 0.15) is 12.5 Å². The predicted octanol–water partition coefficient (Wildman–Crippen LogP) is 4.52. The summed E-state index contributed by atoms with van der Waals surface area (Å²) in [5.41, 5.74) is 1.26. The van der Waals surface area contributed by atoms with Crippen molar-refractivity contribution in [2.45, 2.75) is 23.3 Å². The lowest BCUT2D eigenvalue weighted by atomic mass is 10.2. The van der Waals surface area contributed by atoms with Gasteiger partial charge in [-0.3, -0.25) is 0 Å². The summed E-state index contributed by atoms with van der Waals surface area (Å²) >= 11 is 0. The molecule has 2 amide bonds. The highest BCUT2D eigenvalue weighted by Gasteiger charge is 2.24. The molecule has 3 aromatic rings. The van der Waals surface area contributed by atoms with Crippen LogP contribution < -0.4 is 15.4 Å². The molecule has 0 saturated carbocycles. The molecular formula is C22H20F2N2O4S. The number of benzene rings is 3. The topological polar surface area (TPSA) is 84.5 Å². The van der Waals surface area contributed by atoms with Gasteiger partial charge in [0.2, 0.25) is 9.84 Å². The van der Waals surface area contributed by atoms with Gasteiger partial charge in [0.1, 0.15) is 10.7 Å². The van der Waals surface area contributed by atoms with Gasteiger partial charge in [-0.05, 0) is 42.8 Å². The minimum absolute atomic E-state index is 0.107. The van der Waals surface area contributed by atoms with Crippen LogP contribution in [0.4, 0.5) is 19.3 Å². The van der Waals surface area contributed by atoms with Crippen LogP contribution in [-0.4, -0.2) is 21.1 Å². The van der Waals surface area contributed by atoms with Crippen LogP contribution in [0.25, 0.3) is 0 Å². The van der Waals surface area contributed by atoms with Gasteiger partial charge in [-0.2, -0.15) is 0 Å². The van der Waals surface area contributed by atoms with Gasteiger partial charge in [0.25, 0.3) is 0 Å². The average molecular weight is 446 g/mol. The molecule has 0 unspecified atom stereocenters. The Labute approximate surface area is 178 Å². The highest BCUT2D eigenvalue weighted by atomic mass is 32.2. The highest BCUT2D eigenvalue weighted by molar-refractivity contribution is 7.91. The largest absolute Gasteiger partial charge is 0.491 e. The van der Waals surface area contributed by atoms with Crippen LogP contribution in [0.15, 0.2) is 76.5 Å². The average Bonchev–Trinajstić information content (AvgIpc) is 2.76. The lowest BCUT2D eigenvalue weighted by Crippen LogP contribution is -2.28. The van der Waals surface area contributed by atoms with Gasteiger partial charge in [0.15, 0.2) is 11.6 Å². The number of sulfone groups is 1. The van der Waals surface area contributed by atoms with E-state index in [1.807, 2.05) is 30.3 Å². The third-order valence-electron chi connectivity index (χ3n) is 4.29.